The first-order chi connectivity index (χ1) is 16.7. The molecule has 0 heterocycles. The number of halogens is 1. The number of unbranched alkanes of at least 4 members (excludes halogenated alkanes) is 2. The summed E-state index contributed by atoms with van der Waals surface area (Å²) in [5.41, 5.74) is 1.67. The molecule has 0 amide bonds. The lowest BCUT2D eigenvalue weighted by Crippen LogP contribution is -2.52. The van der Waals surface area contributed by atoms with Crippen LogP contribution in [-0.4, -0.2) is 25.0 Å². The third kappa shape index (κ3) is 8.62. The average Bonchev–Trinajstić information content (AvgIpc) is 2.81. The second kappa shape index (κ2) is 12.9. The summed E-state index contributed by atoms with van der Waals surface area (Å²) in [7, 11) is -3.69. The molecule has 0 spiro atoms. The Morgan fingerprint density at radius 3 is 2.23 bits per heavy atom. The van der Waals surface area contributed by atoms with Crippen molar-refractivity contribution in [3.8, 4) is 0 Å². The van der Waals surface area contributed by atoms with Crippen LogP contribution in [0.15, 0.2) is 53.4 Å². The number of aryl methyl sites for hydroxylation is 1. The Balaban J connectivity index is 1.74. The lowest BCUT2D eigenvalue weighted by Gasteiger charge is -2.41. The van der Waals surface area contributed by atoms with E-state index in [0.717, 1.165) is 43.2 Å². The van der Waals surface area contributed by atoms with Gasteiger partial charge in [-0.3, -0.25) is 4.79 Å². The number of nitrogens with one attached hydrogen (secondary N) is 1. The Bertz CT molecular complexity index is 1040. The van der Waals surface area contributed by atoms with E-state index in [1.54, 1.807) is 24.3 Å². The summed E-state index contributed by atoms with van der Waals surface area (Å²) < 4.78 is 29.8. The molecule has 5 nitrogen and oxygen atoms in total. The molecule has 0 aromatic heterocycles. The number of benzene rings is 2. The summed E-state index contributed by atoms with van der Waals surface area (Å²) in [5.74, 6) is -0.117. The van der Waals surface area contributed by atoms with Crippen LogP contribution in [0.25, 0.3) is 0 Å². The molecule has 2 aromatic rings. The van der Waals surface area contributed by atoms with E-state index in [0.29, 0.717) is 23.8 Å². The molecular weight excluding hydrogens is 482 g/mol. The molecule has 0 aliphatic heterocycles. The van der Waals surface area contributed by atoms with Crippen LogP contribution in [0.4, 0.5) is 0 Å². The molecule has 35 heavy (non-hydrogen) atoms. The minimum atomic E-state index is -3.69. The smallest absolute Gasteiger partial charge is 0.303 e. The van der Waals surface area contributed by atoms with E-state index >= 15 is 0 Å². The zero-order chi connectivity index (χ0) is 25.3. The van der Waals surface area contributed by atoms with Crippen molar-refractivity contribution >= 4 is 27.6 Å². The molecule has 0 bridgehead atoms. The van der Waals surface area contributed by atoms with Crippen molar-refractivity contribution in [2.75, 3.05) is 0 Å². The molecular formula is C28H38ClNO4S. The predicted octanol–water partition coefficient (Wildman–Crippen LogP) is 6.78. The Morgan fingerprint density at radius 2 is 1.63 bits per heavy atom. The minimum Gasteiger partial charge on any atom is -0.481 e. The van der Waals surface area contributed by atoms with Crippen molar-refractivity contribution in [1.82, 2.24) is 4.72 Å². The maximum absolute atomic E-state index is 13.3. The first kappa shape index (κ1) is 27.7. The van der Waals surface area contributed by atoms with Gasteiger partial charge in [-0.15, -0.1) is 0 Å². The second-order valence-corrected chi connectivity index (χ2v) is 12.1. The second-order valence-electron chi connectivity index (χ2n) is 10.0. The molecule has 1 aliphatic rings. The van der Waals surface area contributed by atoms with E-state index in [2.05, 4.69) is 23.8 Å². The van der Waals surface area contributed by atoms with Gasteiger partial charge in [-0.05, 0) is 86.3 Å². The maximum atomic E-state index is 13.3. The summed E-state index contributed by atoms with van der Waals surface area (Å²) in [5, 5.41) is 9.36. The number of carboxylic acids is 1. The van der Waals surface area contributed by atoms with Crippen LogP contribution < -0.4 is 4.72 Å². The van der Waals surface area contributed by atoms with Gasteiger partial charge in [-0.2, -0.15) is 0 Å². The van der Waals surface area contributed by atoms with Gasteiger partial charge < -0.3 is 5.11 Å². The highest BCUT2D eigenvalue weighted by Gasteiger charge is 2.39. The van der Waals surface area contributed by atoms with E-state index < -0.39 is 21.5 Å². The Kier molecular flexibility index (Phi) is 10.2. The van der Waals surface area contributed by atoms with Crippen LogP contribution in [0, 0.1) is 5.92 Å². The summed E-state index contributed by atoms with van der Waals surface area (Å²) in [4.78, 5) is 11.0. The number of aliphatic carboxylic acids is 1. The normalized spacial score (nSPS) is 20.6. The number of rotatable bonds is 13. The largest absolute Gasteiger partial charge is 0.481 e. The molecule has 2 aromatic carbocycles. The van der Waals surface area contributed by atoms with Crippen molar-refractivity contribution in [1.29, 1.82) is 0 Å². The Hall–Kier alpha value is -1.89. The van der Waals surface area contributed by atoms with Gasteiger partial charge in [0, 0.05) is 17.0 Å². The first-order valence-electron chi connectivity index (χ1n) is 12.8. The number of carboxylic acid groups (broad SMARTS) is 1. The summed E-state index contributed by atoms with van der Waals surface area (Å²) in [6.07, 6.45) is 10.8. The number of hydrogen-bond acceptors (Lipinski definition) is 3. The highest BCUT2D eigenvalue weighted by atomic mass is 35.5. The SMILES string of the molecule is CCCCC[C@H]1CC[C@@](Cc2ccc(CCCC(=O)O)cc2)(NS(=O)(=O)c2ccc(Cl)cc2)CC1. The van der Waals surface area contributed by atoms with Crippen LogP contribution in [0.5, 0.6) is 0 Å². The van der Waals surface area contributed by atoms with Crippen molar-refractivity contribution < 1.29 is 18.3 Å². The van der Waals surface area contributed by atoms with Gasteiger partial charge in [-0.25, -0.2) is 13.1 Å². The fourth-order valence-corrected chi connectivity index (χ4v) is 6.72. The minimum absolute atomic E-state index is 0.163. The van der Waals surface area contributed by atoms with Gasteiger partial charge in [0.05, 0.1) is 4.90 Å². The van der Waals surface area contributed by atoms with Crippen molar-refractivity contribution in [3.63, 3.8) is 0 Å². The van der Waals surface area contributed by atoms with Gasteiger partial charge in [0.2, 0.25) is 10.0 Å². The topological polar surface area (TPSA) is 83.5 Å². The average molecular weight is 520 g/mol. The van der Waals surface area contributed by atoms with Gasteiger partial charge in [0.1, 0.15) is 0 Å². The molecule has 0 radical (unpaired) electrons. The van der Waals surface area contributed by atoms with E-state index in [-0.39, 0.29) is 11.3 Å². The van der Waals surface area contributed by atoms with Gasteiger partial charge in [0.15, 0.2) is 0 Å². The van der Waals surface area contributed by atoms with E-state index in [1.165, 1.54) is 25.7 Å². The van der Waals surface area contributed by atoms with Crippen molar-refractivity contribution in [2.45, 2.75) is 94.4 Å². The van der Waals surface area contributed by atoms with Crippen molar-refractivity contribution in [2.24, 2.45) is 5.92 Å². The quantitative estimate of drug-likeness (QED) is 0.286. The molecule has 192 valence electrons. The van der Waals surface area contributed by atoms with Gasteiger partial charge in [0.25, 0.3) is 0 Å². The van der Waals surface area contributed by atoms with Gasteiger partial charge >= 0.3 is 5.97 Å². The van der Waals surface area contributed by atoms with E-state index in [9.17, 15) is 13.2 Å². The monoisotopic (exact) mass is 519 g/mol. The molecule has 2 N–H and O–H groups in total. The highest BCUT2D eigenvalue weighted by Crippen LogP contribution is 2.38. The summed E-state index contributed by atoms with van der Waals surface area (Å²) in [6, 6.07) is 14.5. The molecule has 1 aliphatic carbocycles. The third-order valence-corrected chi connectivity index (χ3v) is 9.02. The molecule has 1 saturated carbocycles. The highest BCUT2D eigenvalue weighted by molar-refractivity contribution is 7.89. The standard InChI is InChI=1S/C28H38ClNO4S/c1-2-3-4-6-23-17-19-28(20-18-23,30-35(33,34)26-15-13-25(29)14-16-26)21-24-11-9-22(10-12-24)7-5-8-27(31)32/h9-16,23,30H,2-8,17-21H2,1H3,(H,31,32)/t23-,28+. The maximum Gasteiger partial charge on any atom is 0.303 e. The predicted molar refractivity (Wildman–Crippen MR) is 141 cm³/mol. The van der Waals surface area contributed by atoms with Crippen LogP contribution in [0.1, 0.15) is 82.3 Å². The number of sulfonamides is 1. The first-order valence-corrected chi connectivity index (χ1v) is 14.7. The van der Waals surface area contributed by atoms with Crippen LogP contribution in [0.3, 0.4) is 0 Å². The van der Waals surface area contributed by atoms with Crippen LogP contribution in [-0.2, 0) is 27.7 Å². The molecule has 0 unspecified atom stereocenters. The fourth-order valence-electron chi connectivity index (χ4n) is 5.13. The zero-order valence-corrected chi connectivity index (χ0v) is 22.2. The van der Waals surface area contributed by atoms with Crippen molar-refractivity contribution in [3.05, 3.63) is 64.7 Å². The molecule has 7 heteroatoms. The Morgan fingerprint density at radius 1 is 1.00 bits per heavy atom. The molecule has 3 rings (SSSR count). The lowest BCUT2D eigenvalue weighted by atomic mass is 9.73. The number of carbonyl (C=O) groups is 1. The summed E-state index contributed by atoms with van der Waals surface area (Å²) in [6.45, 7) is 2.22. The molecule has 0 atom stereocenters. The van der Waals surface area contributed by atoms with E-state index in [1.807, 2.05) is 12.1 Å². The van der Waals surface area contributed by atoms with Crippen LogP contribution >= 0.6 is 11.6 Å². The van der Waals surface area contributed by atoms with Gasteiger partial charge in [-0.1, -0.05) is 68.5 Å². The summed E-state index contributed by atoms with van der Waals surface area (Å²) >= 11 is 5.97. The van der Waals surface area contributed by atoms with E-state index in [4.69, 9.17) is 16.7 Å². The third-order valence-electron chi connectivity index (χ3n) is 7.17. The zero-order valence-electron chi connectivity index (χ0n) is 20.6. The molecule has 1 fully saturated rings. The fraction of sp³-hybridized carbons (Fsp3) is 0.536. The lowest BCUT2D eigenvalue weighted by molar-refractivity contribution is -0.137. The Labute approximate surface area is 215 Å². The van der Waals surface area contributed by atoms with Crippen LogP contribution in [0.2, 0.25) is 5.02 Å². The molecule has 0 saturated heterocycles. The number of hydrogen-bond donors (Lipinski definition) is 2.